The fourth-order valence-electron chi connectivity index (χ4n) is 1.98. The maximum atomic E-state index is 12.1. The molecule has 0 atom stereocenters. The Hall–Kier alpha value is -0.970. The maximum Gasteiger partial charge on any atom is 0.175 e. The van der Waals surface area contributed by atoms with Crippen molar-refractivity contribution >= 4 is 17.4 Å². The standard InChI is InChI=1S/C11H12ClNO3/c12-9-2-1-7-8(13-9)3-4-11(5-14,6-15)10(7)16/h1-2,14-15H,3-6H2. The quantitative estimate of drug-likeness (QED) is 0.753. The van der Waals surface area contributed by atoms with Crippen LogP contribution in [0.5, 0.6) is 0 Å². The molecule has 0 amide bonds. The van der Waals surface area contributed by atoms with E-state index in [9.17, 15) is 15.0 Å². The van der Waals surface area contributed by atoms with Gasteiger partial charge in [0.15, 0.2) is 5.78 Å². The third-order valence-electron chi connectivity index (χ3n) is 3.11. The van der Waals surface area contributed by atoms with E-state index in [0.29, 0.717) is 29.3 Å². The third kappa shape index (κ3) is 1.63. The lowest BCUT2D eigenvalue weighted by atomic mass is 9.73. The number of fused-ring (bicyclic) bond motifs is 1. The summed E-state index contributed by atoms with van der Waals surface area (Å²) in [5, 5.41) is 18.9. The normalized spacial score (nSPS) is 18.3. The second-order valence-electron chi connectivity index (χ2n) is 4.05. The molecule has 16 heavy (non-hydrogen) atoms. The van der Waals surface area contributed by atoms with Crippen LogP contribution in [0.1, 0.15) is 22.5 Å². The number of carbonyl (C=O) groups excluding carboxylic acids is 1. The molecule has 5 heteroatoms. The number of rotatable bonds is 2. The molecule has 1 aliphatic carbocycles. The van der Waals surface area contributed by atoms with Crippen LogP contribution in [-0.2, 0) is 6.42 Å². The third-order valence-corrected chi connectivity index (χ3v) is 3.32. The highest BCUT2D eigenvalue weighted by Crippen LogP contribution is 2.34. The first kappa shape index (κ1) is 11.5. The molecule has 0 radical (unpaired) electrons. The minimum absolute atomic E-state index is 0.247. The van der Waals surface area contributed by atoms with Gasteiger partial charge in [0.05, 0.1) is 24.3 Å². The van der Waals surface area contributed by atoms with Crippen LogP contribution in [0.25, 0.3) is 0 Å². The SMILES string of the molecule is O=C1c2ccc(Cl)nc2CCC1(CO)CO. The number of halogens is 1. The number of aryl methyl sites for hydroxylation is 1. The Bertz CT molecular complexity index is 429. The lowest BCUT2D eigenvalue weighted by molar-refractivity contribution is 0.0343. The van der Waals surface area contributed by atoms with Crippen molar-refractivity contribution in [3.8, 4) is 0 Å². The zero-order valence-corrected chi connectivity index (χ0v) is 9.37. The van der Waals surface area contributed by atoms with Crippen molar-refractivity contribution in [1.82, 2.24) is 4.98 Å². The van der Waals surface area contributed by atoms with E-state index in [0.717, 1.165) is 0 Å². The van der Waals surface area contributed by atoms with Crippen molar-refractivity contribution in [2.45, 2.75) is 12.8 Å². The first-order valence-corrected chi connectivity index (χ1v) is 5.43. The summed E-state index contributed by atoms with van der Waals surface area (Å²) >= 11 is 5.74. The van der Waals surface area contributed by atoms with Crippen molar-refractivity contribution in [1.29, 1.82) is 0 Å². The largest absolute Gasteiger partial charge is 0.395 e. The van der Waals surface area contributed by atoms with E-state index in [2.05, 4.69) is 4.98 Å². The topological polar surface area (TPSA) is 70.4 Å². The second kappa shape index (κ2) is 4.13. The highest BCUT2D eigenvalue weighted by molar-refractivity contribution is 6.29. The molecule has 0 saturated carbocycles. The summed E-state index contributed by atoms with van der Waals surface area (Å²) in [6.45, 7) is -0.686. The van der Waals surface area contributed by atoms with E-state index in [1.54, 1.807) is 12.1 Å². The van der Waals surface area contributed by atoms with Gasteiger partial charge >= 0.3 is 0 Å². The molecule has 2 rings (SSSR count). The van der Waals surface area contributed by atoms with Gasteiger partial charge in [0.2, 0.25) is 0 Å². The minimum atomic E-state index is -1.05. The van der Waals surface area contributed by atoms with Gasteiger partial charge in [-0.15, -0.1) is 0 Å². The number of hydrogen-bond donors (Lipinski definition) is 2. The monoisotopic (exact) mass is 241 g/mol. The molecular formula is C11H12ClNO3. The maximum absolute atomic E-state index is 12.1. The highest BCUT2D eigenvalue weighted by atomic mass is 35.5. The van der Waals surface area contributed by atoms with Gasteiger partial charge in [-0.05, 0) is 25.0 Å². The molecule has 1 aliphatic rings. The first-order valence-electron chi connectivity index (χ1n) is 5.05. The van der Waals surface area contributed by atoms with Crippen LogP contribution < -0.4 is 0 Å². The Kier molecular flexibility index (Phi) is 2.97. The van der Waals surface area contributed by atoms with Crippen molar-refractivity contribution in [2.24, 2.45) is 5.41 Å². The van der Waals surface area contributed by atoms with Gasteiger partial charge in [-0.3, -0.25) is 4.79 Å². The highest BCUT2D eigenvalue weighted by Gasteiger charge is 2.42. The van der Waals surface area contributed by atoms with E-state index >= 15 is 0 Å². The summed E-state index contributed by atoms with van der Waals surface area (Å²) < 4.78 is 0. The molecule has 2 N–H and O–H groups in total. The van der Waals surface area contributed by atoms with Gasteiger partial charge in [-0.25, -0.2) is 4.98 Å². The Balaban J connectivity index is 2.47. The van der Waals surface area contributed by atoms with Gasteiger partial charge < -0.3 is 10.2 Å². The van der Waals surface area contributed by atoms with Crippen LogP contribution in [0.2, 0.25) is 5.15 Å². The minimum Gasteiger partial charge on any atom is -0.395 e. The number of ketones is 1. The molecule has 0 unspecified atom stereocenters. The van der Waals surface area contributed by atoms with E-state index in [4.69, 9.17) is 11.6 Å². The van der Waals surface area contributed by atoms with E-state index in [-0.39, 0.29) is 19.0 Å². The number of aromatic nitrogens is 1. The second-order valence-corrected chi connectivity index (χ2v) is 4.44. The van der Waals surface area contributed by atoms with Crippen LogP contribution in [0.3, 0.4) is 0 Å². The average molecular weight is 242 g/mol. The molecule has 0 bridgehead atoms. The summed E-state index contributed by atoms with van der Waals surface area (Å²) in [6.07, 6.45) is 0.946. The Morgan fingerprint density at radius 2 is 2.06 bits per heavy atom. The lowest BCUT2D eigenvalue weighted by Gasteiger charge is -2.32. The first-order chi connectivity index (χ1) is 7.63. The molecule has 1 heterocycles. The number of Topliss-reactive ketones (excluding diaryl/α,β-unsaturated/α-hetero) is 1. The fourth-order valence-corrected chi connectivity index (χ4v) is 2.15. The number of pyridine rings is 1. The summed E-state index contributed by atoms with van der Waals surface area (Å²) in [5.41, 5.74) is 0.0523. The van der Waals surface area contributed by atoms with E-state index in [1.807, 2.05) is 0 Å². The van der Waals surface area contributed by atoms with Crippen molar-refractivity contribution in [3.05, 3.63) is 28.5 Å². The van der Waals surface area contributed by atoms with Gasteiger partial charge in [0, 0.05) is 5.56 Å². The molecule has 1 aromatic rings. The molecule has 0 spiro atoms. The van der Waals surface area contributed by atoms with Crippen LogP contribution >= 0.6 is 11.6 Å². The number of aliphatic hydroxyl groups is 2. The predicted molar refractivity (Wildman–Crippen MR) is 58.5 cm³/mol. The number of aliphatic hydroxyl groups excluding tert-OH is 2. The molecule has 0 aliphatic heterocycles. The summed E-state index contributed by atoms with van der Waals surface area (Å²) in [4.78, 5) is 16.2. The average Bonchev–Trinajstić information content (AvgIpc) is 2.30. The molecule has 4 nitrogen and oxygen atoms in total. The smallest absolute Gasteiger partial charge is 0.175 e. The molecule has 0 fully saturated rings. The molecular weight excluding hydrogens is 230 g/mol. The van der Waals surface area contributed by atoms with Gasteiger partial charge in [-0.2, -0.15) is 0 Å². The molecule has 1 aromatic heterocycles. The summed E-state index contributed by atoms with van der Waals surface area (Å²) in [7, 11) is 0. The number of nitrogens with zero attached hydrogens (tertiary/aromatic N) is 1. The molecule has 0 saturated heterocycles. The Morgan fingerprint density at radius 1 is 1.38 bits per heavy atom. The van der Waals surface area contributed by atoms with Crippen molar-refractivity contribution in [2.75, 3.05) is 13.2 Å². The fraction of sp³-hybridized carbons (Fsp3) is 0.455. The summed E-state index contributed by atoms with van der Waals surface area (Å²) in [5.74, 6) is -0.247. The van der Waals surface area contributed by atoms with Crippen LogP contribution in [0.15, 0.2) is 12.1 Å². The van der Waals surface area contributed by atoms with E-state index < -0.39 is 5.41 Å². The van der Waals surface area contributed by atoms with Crippen LogP contribution in [0.4, 0.5) is 0 Å². The number of hydrogen-bond acceptors (Lipinski definition) is 4. The van der Waals surface area contributed by atoms with Crippen molar-refractivity contribution in [3.63, 3.8) is 0 Å². The lowest BCUT2D eigenvalue weighted by Crippen LogP contribution is -2.42. The zero-order valence-electron chi connectivity index (χ0n) is 8.61. The van der Waals surface area contributed by atoms with Crippen molar-refractivity contribution < 1.29 is 15.0 Å². The van der Waals surface area contributed by atoms with Crippen LogP contribution in [-0.4, -0.2) is 34.2 Å². The number of carbonyl (C=O) groups is 1. The van der Waals surface area contributed by atoms with Gasteiger partial charge in [0.25, 0.3) is 0 Å². The zero-order chi connectivity index (χ0) is 11.8. The van der Waals surface area contributed by atoms with Gasteiger partial charge in [-0.1, -0.05) is 11.6 Å². The Morgan fingerprint density at radius 3 is 2.69 bits per heavy atom. The Labute approximate surface area is 97.9 Å². The molecule has 0 aromatic carbocycles. The predicted octanol–water partition coefficient (Wildman–Crippen LogP) is 0.835. The summed E-state index contributed by atoms with van der Waals surface area (Å²) in [6, 6.07) is 3.15. The van der Waals surface area contributed by atoms with E-state index in [1.165, 1.54) is 0 Å². The molecule has 86 valence electrons. The van der Waals surface area contributed by atoms with Crippen LogP contribution in [0, 0.1) is 5.41 Å². The van der Waals surface area contributed by atoms with Gasteiger partial charge in [0.1, 0.15) is 5.15 Å².